The van der Waals surface area contributed by atoms with Crippen molar-refractivity contribution in [2.75, 3.05) is 20.7 Å². The van der Waals surface area contributed by atoms with E-state index < -0.39 is 0 Å². The van der Waals surface area contributed by atoms with Crippen molar-refractivity contribution in [1.29, 1.82) is 0 Å². The maximum absolute atomic E-state index is 12.7. The van der Waals surface area contributed by atoms with Crippen LogP contribution in [0.25, 0.3) is 21.7 Å². The molecule has 5 nitrogen and oxygen atoms in total. The topological polar surface area (TPSA) is 54.5 Å². The molecule has 0 spiro atoms. The van der Waals surface area contributed by atoms with Gasteiger partial charge in [0, 0.05) is 18.5 Å². The fourth-order valence-corrected chi connectivity index (χ4v) is 4.82. The van der Waals surface area contributed by atoms with Gasteiger partial charge in [-0.15, -0.1) is 11.3 Å². The number of benzene rings is 3. The molecule has 0 aliphatic heterocycles. The summed E-state index contributed by atoms with van der Waals surface area (Å²) in [5.41, 5.74) is 6.36. The molecule has 1 heterocycles. The third kappa shape index (κ3) is 6.56. The van der Waals surface area contributed by atoms with E-state index in [-0.39, 0.29) is 12.3 Å². The van der Waals surface area contributed by atoms with Gasteiger partial charge in [-0.25, -0.2) is 4.98 Å². The number of aromatic nitrogens is 1. The molecule has 180 valence electrons. The summed E-state index contributed by atoms with van der Waals surface area (Å²) in [5.74, 6) is 0.766. The van der Waals surface area contributed by atoms with Crippen LogP contribution in [0.3, 0.4) is 0 Å². The van der Waals surface area contributed by atoms with Gasteiger partial charge in [-0.2, -0.15) is 0 Å². The first-order chi connectivity index (χ1) is 17.0. The number of ether oxygens (including phenoxy) is 1. The van der Waals surface area contributed by atoms with E-state index in [1.165, 1.54) is 16.9 Å². The summed E-state index contributed by atoms with van der Waals surface area (Å²) in [6, 6.07) is 24.7. The lowest BCUT2D eigenvalue weighted by atomic mass is 9.98. The summed E-state index contributed by atoms with van der Waals surface area (Å²) in [4.78, 5) is 19.6. The molecule has 0 aliphatic rings. The highest BCUT2D eigenvalue weighted by Crippen LogP contribution is 2.32. The van der Waals surface area contributed by atoms with Crippen molar-refractivity contribution < 1.29 is 9.53 Å². The summed E-state index contributed by atoms with van der Waals surface area (Å²) in [6.45, 7) is 3.94. The van der Waals surface area contributed by atoms with Crippen LogP contribution in [0, 0.1) is 0 Å². The highest BCUT2D eigenvalue weighted by atomic mass is 32.1. The van der Waals surface area contributed by atoms with E-state index in [1.807, 2.05) is 48.7 Å². The maximum Gasteiger partial charge on any atom is 0.226 e. The van der Waals surface area contributed by atoms with E-state index in [9.17, 15) is 4.79 Å². The van der Waals surface area contributed by atoms with Gasteiger partial charge in [0.2, 0.25) is 5.91 Å². The van der Waals surface area contributed by atoms with Crippen molar-refractivity contribution in [2.24, 2.45) is 0 Å². The number of carbonyl (C=O) groups excluding carboxylic acids is 1. The number of para-hydroxylation sites is 1. The Morgan fingerprint density at radius 3 is 2.43 bits per heavy atom. The Morgan fingerprint density at radius 1 is 0.971 bits per heavy atom. The molecule has 0 saturated heterocycles. The minimum atomic E-state index is -0.0453. The van der Waals surface area contributed by atoms with E-state index in [0.717, 1.165) is 45.2 Å². The first-order valence-corrected chi connectivity index (χ1v) is 12.7. The molecule has 4 rings (SSSR count). The van der Waals surface area contributed by atoms with Crippen LogP contribution < -0.4 is 10.1 Å². The summed E-state index contributed by atoms with van der Waals surface area (Å²) < 4.78 is 5.73. The molecule has 6 heteroatoms. The molecular formula is C29H31N3O2S. The minimum Gasteiger partial charge on any atom is -0.493 e. The molecule has 0 atom stereocenters. The second-order valence-electron chi connectivity index (χ2n) is 8.62. The lowest BCUT2D eigenvalue weighted by Crippen LogP contribution is -2.25. The standard InChI is InChI=1S/C29H31N3O2S/c1-4-34-27-12-8-7-11-26(27)29-31-24(20-35-29)17-28(33)30-18-23-9-5-6-10-25(23)22-15-13-21(14-16-22)19-32(2)3/h5-16,20H,4,17-19H2,1-3H3,(H,30,33). The number of thiazole rings is 1. The summed E-state index contributed by atoms with van der Waals surface area (Å²) >= 11 is 1.53. The SMILES string of the molecule is CCOc1ccccc1-c1nc(CC(=O)NCc2ccccc2-c2ccc(CN(C)C)cc2)cs1. The number of nitrogens with one attached hydrogen (secondary N) is 1. The molecule has 0 aliphatic carbocycles. The number of amides is 1. The van der Waals surface area contributed by atoms with E-state index in [1.54, 1.807) is 0 Å². The molecule has 0 fully saturated rings. The van der Waals surface area contributed by atoms with E-state index >= 15 is 0 Å². The second-order valence-corrected chi connectivity index (χ2v) is 9.48. The zero-order valence-electron chi connectivity index (χ0n) is 20.5. The van der Waals surface area contributed by atoms with Gasteiger partial charge < -0.3 is 15.0 Å². The number of nitrogens with zero attached hydrogens (tertiary/aromatic N) is 2. The molecule has 0 saturated carbocycles. The monoisotopic (exact) mass is 485 g/mol. The molecule has 1 N–H and O–H groups in total. The van der Waals surface area contributed by atoms with Crippen molar-refractivity contribution in [3.63, 3.8) is 0 Å². The normalized spacial score (nSPS) is 11.0. The summed E-state index contributed by atoms with van der Waals surface area (Å²) in [6.07, 6.45) is 0.245. The van der Waals surface area contributed by atoms with E-state index in [2.05, 4.69) is 65.7 Å². The molecule has 1 aromatic heterocycles. The zero-order valence-corrected chi connectivity index (χ0v) is 21.3. The van der Waals surface area contributed by atoms with Crippen LogP contribution in [0.2, 0.25) is 0 Å². The van der Waals surface area contributed by atoms with Gasteiger partial charge in [-0.1, -0.05) is 60.7 Å². The van der Waals surface area contributed by atoms with Gasteiger partial charge in [0.15, 0.2) is 0 Å². The van der Waals surface area contributed by atoms with E-state index in [4.69, 9.17) is 4.74 Å². The zero-order chi connectivity index (χ0) is 24.6. The maximum atomic E-state index is 12.7. The van der Waals surface area contributed by atoms with Crippen molar-refractivity contribution in [1.82, 2.24) is 15.2 Å². The highest BCUT2D eigenvalue weighted by molar-refractivity contribution is 7.13. The van der Waals surface area contributed by atoms with Crippen LogP contribution in [-0.2, 0) is 24.3 Å². The first kappa shape index (κ1) is 24.6. The molecule has 3 aromatic carbocycles. The van der Waals surface area contributed by atoms with Gasteiger partial charge in [0.25, 0.3) is 0 Å². The highest BCUT2D eigenvalue weighted by Gasteiger charge is 2.13. The summed E-state index contributed by atoms with van der Waals surface area (Å²) in [7, 11) is 4.14. The van der Waals surface area contributed by atoms with Crippen LogP contribution in [0.5, 0.6) is 5.75 Å². The smallest absolute Gasteiger partial charge is 0.226 e. The third-order valence-electron chi connectivity index (χ3n) is 5.57. The minimum absolute atomic E-state index is 0.0453. The molecule has 0 unspecified atom stereocenters. The first-order valence-electron chi connectivity index (χ1n) is 11.8. The predicted molar refractivity (Wildman–Crippen MR) is 144 cm³/mol. The number of carbonyl (C=O) groups is 1. The Hall–Kier alpha value is -3.48. The molecule has 0 radical (unpaired) electrons. The van der Waals surface area contributed by atoms with Gasteiger partial charge in [-0.3, -0.25) is 4.79 Å². The van der Waals surface area contributed by atoms with Gasteiger partial charge in [-0.05, 0) is 55.4 Å². The van der Waals surface area contributed by atoms with Gasteiger partial charge in [0.05, 0.1) is 24.3 Å². The van der Waals surface area contributed by atoms with Crippen molar-refractivity contribution in [2.45, 2.75) is 26.4 Å². The predicted octanol–water partition coefficient (Wildman–Crippen LogP) is 5.80. The molecule has 4 aromatic rings. The average Bonchev–Trinajstić information content (AvgIpc) is 3.32. The Labute approximate surface area is 211 Å². The number of hydrogen-bond donors (Lipinski definition) is 1. The fourth-order valence-electron chi connectivity index (χ4n) is 3.97. The van der Waals surface area contributed by atoms with Gasteiger partial charge in [0.1, 0.15) is 10.8 Å². The molecular weight excluding hydrogens is 454 g/mol. The lowest BCUT2D eigenvalue weighted by Gasteiger charge is -2.13. The largest absolute Gasteiger partial charge is 0.493 e. The molecule has 1 amide bonds. The second kappa shape index (κ2) is 11.8. The van der Waals surface area contributed by atoms with Crippen molar-refractivity contribution in [3.8, 4) is 27.4 Å². The Kier molecular flexibility index (Phi) is 8.29. The van der Waals surface area contributed by atoms with Crippen LogP contribution in [0.15, 0.2) is 78.2 Å². The van der Waals surface area contributed by atoms with E-state index in [0.29, 0.717) is 13.2 Å². The Morgan fingerprint density at radius 2 is 1.69 bits per heavy atom. The molecule has 0 bridgehead atoms. The molecule has 35 heavy (non-hydrogen) atoms. The number of hydrogen-bond acceptors (Lipinski definition) is 5. The number of rotatable bonds is 10. The average molecular weight is 486 g/mol. The Balaban J connectivity index is 1.40. The summed E-state index contributed by atoms with van der Waals surface area (Å²) in [5, 5.41) is 5.88. The lowest BCUT2D eigenvalue weighted by molar-refractivity contribution is -0.120. The van der Waals surface area contributed by atoms with Crippen molar-refractivity contribution >= 4 is 17.2 Å². The quantitative estimate of drug-likeness (QED) is 0.309. The van der Waals surface area contributed by atoms with Crippen LogP contribution in [0.4, 0.5) is 0 Å². The van der Waals surface area contributed by atoms with Crippen LogP contribution in [-0.4, -0.2) is 36.5 Å². The van der Waals surface area contributed by atoms with Gasteiger partial charge >= 0.3 is 0 Å². The van der Waals surface area contributed by atoms with Crippen molar-refractivity contribution in [3.05, 3.63) is 95.0 Å². The fraction of sp³-hybridized carbons (Fsp3) is 0.241. The Bertz CT molecular complexity index is 1260. The van der Waals surface area contributed by atoms with Crippen LogP contribution in [0.1, 0.15) is 23.7 Å². The van der Waals surface area contributed by atoms with Crippen LogP contribution >= 0.6 is 11.3 Å². The third-order valence-corrected chi connectivity index (χ3v) is 6.49.